The van der Waals surface area contributed by atoms with Gasteiger partial charge in [-0.1, -0.05) is 19.3 Å². The van der Waals surface area contributed by atoms with Crippen molar-refractivity contribution in [3.63, 3.8) is 0 Å². The van der Waals surface area contributed by atoms with Crippen LogP contribution in [0.15, 0.2) is 0 Å². The normalized spacial score (nSPS) is 21.5. The van der Waals surface area contributed by atoms with Crippen LogP contribution in [0.25, 0.3) is 0 Å². The van der Waals surface area contributed by atoms with Crippen molar-refractivity contribution in [3.05, 3.63) is 0 Å². The predicted octanol–water partition coefficient (Wildman–Crippen LogP) is 0.835. The fraction of sp³-hybridized carbons (Fsp3) is 1.00. The molecule has 0 saturated heterocycles. The minimum absolute atomic E-state index is 0.0144. The molecule has 0 unspecified atom stereocenters. The predicted molar refractivity (Wildman–Crippen MR) is 62.0 cm³/mol. The van der Waals surface area contributed by atoms with Gasteiger partial charge in [-0.3, -0.25) is 0 Å². The highest BCUT2D eigenvalue weighted by Crippen LogP contribution is 2.34. The van der Waals surface area contributed by atoms with E-state index in [1.807, 2.05) is 0 Å². The number of hydrogen-bond donors (Lipinski definition) is 2. The topological polar surface area (TPSA) is 72.2 Å². The van der Waals surface area contributed by atoms with E-state index in [-0.39, 0.29) is 11.2 Å². The van der Waals surface area contributed by atoms with E-state index in [2.05, 4.69) is 4.72 Å². The first-order valence-electron chi connectivity index (χ1n) is 5.71. The van der Waals surface area contributed by atoms with Crippen LogP contribution in [0.4, 0.5) is 0 Å². The van der Waals surface area contributed by atoms with E-state index < -0.39 is 10.0 Å². The molecule has 1 aliphatic rings. The number of sulfonamides is 1. The molecule has 0 atom stereocenters. The first kappa shape index (κ1) is 12.9. The molecule has 1 fully saturated rings. The van der Waals surface area contributed by atoms with Gasteiger partial charge in [-0.15, -0.1) is 0 Å². The average Bonchev–Trinajstić information content (AvgIpc) is 2.28. The van der Waals surface area contributed by atoms with Gasteiger partial charge in [0.1, 0.15) is 0 Å². The lowest BCUT2D eigenvalue weighted by atomic mass is 9.74. The Balaban J connectivity index is 2.53. The third kappa shape index (κ3) is 3.74. The van der Waals surface area contributed by atoms with Gasteiger partial charge < -0.3 is 5.73 Å². The highest BCUT2D eigenvalue weighted by atomic mass is 32.2. The summed E-state index contributed by atoms with van der Waals surface area (Å²) in [5.74, 6) is 0.146. The molecule has 1 saturated carbocycles. The quantitative estimate of drug-likeness (QED) is 0.740. The maximum absolute atomic E-state index is 11.3. The molecule has 5 heteroatoms. The third-order valence-electron chi connectivity index (χ3n) is 3.39. The van der Waals surface area contributed by atoms with E-state index in [4.69, 9.17) is 5.73 Å². The van der Waals surface area contributed by atoms with Crippen molar-refractivity contribution in [2.24, 2.45) is 11.1 Å². The summed E-state index contributed by atoms with van der Waals surface area (Å²) in [6.45, 7) is 2.75. The van der Waals surface area contributed by atoms with Gasteiger partial charge in [0.2, 0.25) is 10.0 Å². The second-order valence-corrected chi connectivity index (χ2v) is 6.58. The van der Waals surface area contributed by atoms with Crippen LogP contribution in [0, 0.1) is 5.41 Å². The van der Waals surface area contributed by atoms with Gasteiger partial charge in [-0.05, 0) is 31.7 Å². The van der Waals surface area contributed by atoms with Gasteiger partial charge in [0.15, 0.2) is 0 Å². The molecule has 0 aromatic carbocycles. The number of rotatable bonds is 5. The maximum atomic E-state index is 11.3. The summed E-state index contributed by atoms with van der Waals surface area (Å²) < 4.78 is 25.4. The molecule has 0 aliphatic heterocycles. The average molecular weight is 234 g/mol. The van der Waals surface area contributed by atoms with Crippen molar-refractivity contribution in [2.75, 3.05) is 18.8 Å². The Kier molecular flexibility index (Phi) is 4.55. The number of nitrogens with two attached hydrogens (primary N) is 1. The van der Waals surface area contributed by atoms with Crippen molar-refractivity contribution in [2.45, 2.75) is 39.0 Å². The van der Waals surface area contributed by atoms with E-state index in [1.165, 1.54) is 19.3 Å². The number of hydrogen-bond acceptors (Lipinski definition) is 3. The molecule has 1 aliphatic carbocycles. The first-order valence-corrected chi connectivity index (χ1v) is 7.36. The summed E-state index contributed by atoms with van der Waals surface area (Å²) in [6.07, 6.45) is 5.70. The van der Waals surface area contributed by atoms with Crippen molar-refractivity contribution in [1.82, 2.24) is 4.72 Å². The molecule has 0 spiro atoms. The summed E-state index contributed by atoms with van der Waals surface area (Å²) in [7, 11) is -3.07. The lowest BCUT2D eigenvalue weighted by Crippen LogP contribution is -2.44. The van der Waals surface area contributed by atoms with E-state index in [0.29, 0.717) is 13.1 Å². The van der Waals surface area contributed by atoms with E-state index in [1.54, 1.807) is 6.92 Å². The highest BCUT2D eigenvalue weighted by Gasteiger charge is 2.31. The lowest BCUT2D eigenvalue weighted by Gasteiger charge is -2.36. The summed E-state index contributed by atoms with van der Waals surface area (Å²) in [5.41, 5.74) is 5.79. The van der Waals surface area contributed by atoms with Crippen molar-refractivity contribution < 1.29 is 8.42 Å². The molecule has 3 N–H and O–H groups in total. The minimum atomic E-state index is -3.07. The molecule has 90 valence electrons. The van der Waals surface area contributed by atoms with Gasteiger partial charge in [0, 0.05) is 6.54 Å². The SMILES string of the molecule is CCS(=O)(=O)NCC1(CN)CCCCC1. The minimum Gasteiger partial charge on any atom is -0.330 e. The number of nitrogens with one attached hydrogen (secondary N) is 1. The molecule has 0 bridgehead atoms. The fourth-order valence-corrected chi connectivity index (χ4v) is 2.85. The van der Waals surface area contributed by atoms with Gasteiger partial charge in [0.05, 0.1) is 5.75 Å². The molecule has 4 nitrogen and oxygen atoms in total. The Hall–Kier alpha value is -0.130. The monoisotopic (exact) mass is 234 g/mol. The Labute approximate surface area is 92.7 Å². The molecule has 0 heterocycles. The smallest absolute Gasteiger partial charge is 0.211 e. The summed E-state index contributed by atoms with van der Waals surface area (Å²) >= 11 is 0. The second-order valence-electron chi connectivity index (χ2n) is 4.49. The Morgan fingerprint density at radius 3 is 2.33 bits per heavy atom. The zero-order chi connectivity index (χ0) is 11.4. The van der Waals surface area contributed by atoms with Gasteiger partial charge in [-0.25, -0.2) is 13.1 Å². The summed E-state index contributed by atoms with van der Waals surface area (Å²) in [6, 6.07) is 0. The van der Waals surface area contributed by atoms with Gasteiger partial charge in [0.25, 0.3) is 0 Å². The third-order valence-corrected chi connectivity index (χ3v) is 4.74. The highest BCUT2D eigenvalue weighted by molar-refractivity contribution is 7.89. The van der Waals surface area contributed by atoms with Crippen LogP contribution in [0.5, 0.6) is 0 Å². The van der Waals surface area contributed by atoms with Crippen LogP contribution < -0.4 is 10.5 Å². The second kappa shape index (κ2) is 5.27. The van der Waals surface area contributed by atoms with Crippen molar-refractivity contribution in [3.8, 4) is 0 Å². The van der Waals surface area contributed by atoms with Crippen LogP contribution in [0.1, 0.15) is 39.0 Å². The van der Waals surface area contributed by atoms with Crippen LogP contribution in [0.2, 0.25) is 0 Å². The fourth-order valence-electron chi connectivity index (χ4n) is 2.12. The standard InChI is InChI=1S/C10H22N2O2S/c1-2-15(13,14)12-9-10(8-11)6-4-3-5-7-10/h12H,2-9,11H2,1H3. The largest absolute Gasteiger partial charge is 0.330 e. The zero-order valence-electron chi connectivity index (χ0n) is 9.46. The van der Waals surface area contributed by atoms with E-state index in [9.17, 15) is 8.42 Å². The summed E-state index contributed by atoms with van der Waals surface area (Å²) in [4.78, 5) is 0. The van der Waals surface area contributed by atoms with Crippen LogP contribution in [-0.4, -0.2) is 27.3 Å². The molecule has 15 heavy (non-hydrogen) atoms. The molecular formula is C10H22N2O2S. The molecule has 0 amide bonds. The molecule has 0 radical (unpaired) electrons. The molecular weight excluding hydrogens is 212 g/mol. The first-order chi connectivity index (χ1) is 7.04. The Bertz CT molecular complexity index is 282. The van der Waals surface area contributed by atoms with E-state index in [0.717, 1.165) is 12.8 Å². The van der Waals surface area contributed by atoms with Crippen LogP contribution >= 0.6 is 0 Å². The molecule has 0 aromatic heterocycles. The summed E-state index contributed by atoms with van der Waals surface area (Å²) in [5, 5.41) is 0. The van der Waals surface area contributed by atoms with Gasteiger partial charge >= 0.3 is 0 Å². The van der Waals surface area contributed by atoms with Gasteiger partial charge in [-0.2, -0.15) is 0 Å². The Morgan fingerprint density at radius 1 is 1.27 bits per heavy atom. The molecule has 0 aromatic rings. The van der Waals surface area contributed by atoms with E-state index >= 15 is 0 Å². The van der Waals surface area contributed by atoms with Crippen LogP contribution in [0.3, 0.4) is 0 Å². The van der Waals surface area contributed by atoms with Crippen LogP contribution in [-0.2, 0) is 10.0 Å². The van der Waals surface area contributed by atoms with Crippen molar-refractivity contribution in [1.29, 1.82) is 0 Å². The zero-order valence-corrected chi connectivity index (χ0v) is 10.3. The lowest BCUT2D eigenvalue weighted by molar-refractivity contribution is 0.202. The Morgan fingerprint density at radius 2 is 1.87 bits per heavy atom. The van der Waals surface area contributed by atoms with Crippen molar-refractivity contribution >= 4 is 10.0 Å². The molecule has 1 rings (SSSR count). The maximum Gasteiger partial charge on any atom is 0.211 e.